The number of non-ortho nitro benzene ring substituents is 1. The second-order valence-corrected chi connectivity index (χ2v) is 4.12. The number of carbonyl (C=O) groups is 1. The quantitative estimate of drug-likeness (QED) is 0.567. The van der Waals surface area contributed by atoms with E-state index in [1.165, 1.54) is 12.1 Å². The van der Waals surface area contributed by atoms with Crippen molar-refractivity contribution in [3.63, 3.8) is 0 Å². The summed E-state index contributed by atoms with van der Waals surface area (Å²) in [6.07, 6.45) is 3.40. The molecule has 0 bridgehead atoms. The first-order chi connectivity index (χ1) is 7.68. The molecule has 1 fully saturated rings. The van der Waals surface area contributed by atoms with Gasteiger partial charge < -0.3 is 0 Å². The zero-order chi connectivity index (χ0) is 11.5. The van der Waals surface area contributed by atoms with E-state index in [1.54, 1.807) is 12.1 Å². The molecule has 84 valence electrons. The van der Waals surface area contributed by atoms with E-state index in [9.17, 15) is 14.9 Å². The Morgan fingerprint density at radius 1 is 1.31 bits per heavy atom. The molecule has 2 rings (SSSR count). The van der Waals surface area contributed by atoms with Crippen LogP contribution in [0.1, 0.15) is 37.2 Å². The highest BCUT2D eigenvalue weighted by molar-refractivity contribution is 5.86. The van der Waals surface area contributed by atoms with Crippen LogP contribution >= 0.6 is 0 Å². The van der Waals surface area contributed by atoms with Gasteiger partial charge in [0.05, 0.1) is 4.92 Å². The minimum Gasteiger partial charge on any atom is -0.299 e. The van der Waals surface area contributed by atoms with E-state index in [4.69, 9.17) is 0 Å². The maximum absolute atomic E-state index is 11.7. The fourth-order valence-corrected chi connectivity index (χ4v) is 2.19. The van der Waals surface area contributed by atoms with Crippen molar-refractivity contribution < 1.29 is 9.72 Å². The molecule has 1 unspecified atom stereocenters. The summed E-state index contributed by atoms with van der Waals surface area (Å²) < 4.78 is 0. The Morgan fingerprint density at radius 3 is 2.81 bits per heavy atom. The Hall–Kier alpha value is -1.71. The lowest BCUT2D eigenvalue weighted by atomic mass is 9.83. The van der Waals surface area contributed by atoms with Gasteiger partial charge in [0.25, 0.3) is 5.69 Å². The fraction of sp³-hybridized carbons (Fsp3) is 0.417. The fourth-order valence-electron chi connectivity index (χ4n) is 2.19. The molecule has 16 heavy (non-hydrogen) atoms. The lowest BCUT2D eigenvalue weighted by Crippen LogP contribution is -2.16. The highest BCUT2D eigenvalue weighted by Crippen LogP contribution is 2.31. The van der Waals surface area contributed by atoms with E-state index < -0.39 is 4.92 Å². The van der Waals surface area contributed by atoms with Crippen LogP contribution in [0.4, 0.5) is 5.69 Å². The minimum absolute atomic E-state index is 0.0656. The van der Waals surface area contributed by atoms with Gasteiger partial charge in [-0.15, -0.1) is 0 Å². The Morgan fingerprint density at radius 2 is 2.12 bits per heavy atom. The van der Waals surface area contributed by atoms with Gasteiger partial charge in [-0.3, -0.25) is 14.9 Å². The largest absolute Gasteiger partial charge is 0.299 e. The summed E-state index contributed by atoms with van der Waals surface area (Å²) in [5.41, 5.74) is 0.856. The molecule has 1 aromatic rings. The van der Waals surface area contributed by atoms with Crippen molar-refractivity contribution in [3.8, 4) is 0 Å². The molecule has 0 radical (unpaired) electrons. The van der Waals surface area contributed by atoms with Gasteiger partial charge in [0.1, 0.15) is 5.78 Å². The average Bonchev–Trinajstić information content (AvgIpc) is 2.30. The van der Waals surface area contributed by atoms with Crippen LogP contribution in [0.5, 0.6) is 0 Å². The van der Waals surface area contributed by atoms with Gasteiger partial charge in [-0.05, 0) is 18.4 Å². The molecule has 0 aromatic heterocycles. The first-order valence-corrected chi connectivity index (χ1v) is 5.45. The zero-order valence-electron chi connectivity index (χ0n) is 8.89. The SMILES string of the molecule is O=C1CCCCC1c1cccc([N+](=O)[O-])c1. The number of Topliss-reactive ketones (excluding diaryl/α,β-unsaturated/α-hetero) is 1. The maximum atomic E-state index is 11.7. The predicted molar refractivity (Wildman–Crippen MR) is 59.3 cm³/mol. The second-order valence-electron chi connectivity index (χ2n) is 4.12. The van der Waals surface area contributed by atoms with E-state index in [1.807, 2.05) is 0 Å². The molecule has 4 nitrogen and oxygen atoms in total. The third-order valence-electron chi connectivity index (χ3n) is 3.04. The van der Waals surface area contributed by atoms with E-state index in [0.29, 0.717) is 6.42 Å². The summed E-state index contributed by atoms with van der Waals surface area (Å²) in [6, 6.07) is 6.43. The number of benzene rings is 1. The summed E-state index contributed by atoms with van der Waals surface area (Å²) in [5.74, 6) is 0.0837. The first-order valence-electron chi connectivity index (χ1n) is 5.45. The van der Waals surface area contributed by atoms with E-state index in [2.05, 4.69) is 0 Å². The molecule has 1 aromatic carbocycles. The summed E-state index contributed by atoms with van der Waals surface area (Å²) in [4.78, 5) is 21.9. The predicted octanol–water partition coefficient (Wildman–Crippen LogP) is 2.82. The average molecular weight is 219 g/mol. The smallest absolute Gasteiger partial charge is 0.269 e. The van der Waals surface area contributed by atoms with Gasteiger partial charge in [-0.1, -0.05) is 18.6 Å². The molecule has 1 saturated carbocycles. The molecule has 1 atom stereocenters. The third kappa shape index (κ3) is 2.10. The monoisotopic (exact) mass is 219 g/mol. The number of rotatable bonds is 2. The molecule has 0 aliphatic heterocycles. The van der Waals surface area contributed by atoms with Crippen LogP contribution < -0.4 is 0 Å². The van der Waals surface area contributed by atoms with Gasteiger partial charge >= 0.3 is 0 Å². The van der Waals surface area contributed by atoms with Gasteiger partial charge in [0, 0.05) is 24.5 Å². The van der Waals surface area contributed by atoms with Crippen molar-refractivity contribution in [2.75, 3.05) is 0 Å². The van der Waals surface area contributed by atoms with Crippen LogP contribution in [0.25, 0.3) is 0 Å². The van der Waals surface area contributed by atoms with Crippen molar-refractivity contribution >= 4 is 11.5 Å². The molecule has 0 heterocycles. The van der Waals surface area contributed by atoms with Crippen molar-refractivity contribution in [3.05, 3.63) is 39.9 Å². The Balaban J connectivity index is 2.28. The second kappa shape index (κ2) is 4.43. The number of nitrogens with zero attached hydrogens (tertiary/aromatic N) is 1. The Bertz CT molecular complexity index is 428. The Labute approximate surface area is 93.4 Å². The van der Waals surface area contributed by atoms with Crippen LogP contribution in [0, 0.1) is 10.1 Å². The van der Waals surface area contributed by atoms with Crippen LogP contribution in [0.3, 0.4) is 0 Å². The molecule has 4 heteroatoms. The molecular formula is C12H13NO3. The summed E-state index contributed by atoms with van der Waals surface area (Å²) in [5, 5.41) is 10.6. The number of nitro groups is 1. The van der Waals surface area contributed by atoms with Crippen molar-refractivity contribution in [2.45, 2.75) is 31.6 Å². The van der Waals surface area contributed by atoms with E-state index in [0.717, 1.165) is 24.8 Å². The maximum Gasteiger partial charge on any atom is 0.269 e. The minimum atomic E-state index is -0.420. The normalized spacial score (nSPS) is 20.8. The number of ketones is 1. The number of carbonyl (C=O) groups excluding carboxylic acids is 1. The van der Waals surface area contributed by atoms with Gasteiger partial charge in [-0.2, -0.15) is 0 Å². The van der Waals surface area contributed by atoms with Crippen LogP contribution in [0.15, 0.2) is 24.3 Å². The van der Waals surface area contributed by atoms with Gasteiger partial charge in [-0.25, -0.2) is 0 Å². The molecular weight excluding hydrogens is 206 g/mol. The lowest BCUT2D eigenvalue weighted by Gasteiger charge is -2.20. The third-order valence-corrected chi connectivity index (χ3v) is 3.04. The van der Waals surface area contributed by atoms with Crippen LogP contribution in [-0.4, -0.2) is 10.7 Å². The van der Waals surface area contributed by atoms with E-state index >= 15 is 0 Å². The van der Waals surface area contributed by atoms with Crippen LogP contribution in [0.2, 0.25) is 0 Å². The molecule has 0 amide bonds. The summed E-state index contributed by atoms with van der Waals surface area (Å²) in [7, 11) is 0. The molecule has 0 spiro atoms. The molecule has 1 aliphatic rings. The summed E-state index contributed by atoms with van der Waals surface area (Å²) in [6.45, 7) is 0. The molecule has 1 aliphatic carbocycles. The molecule has 0 N–H and O–H groups in total. The highest BCUT2D eigenvalue weighted by Gasteiger charge is 2.24. The zero-order valence-corrected chi connectivity index (χ0v) is 8.89. The first kappa shape index (κ1) is 10.8. The molecule has 0 saturated heterocycles. The summed E-state index contributed by atoms with van der Waals surface area (Å²) >= 11 is 0. The standard InChI is InChI=1S/C12H13NO3/c14-12-7-2-1-6-11(12)9-4-3-5-10(8-9)13(15)16/h3-5,8,11H,1-2,6-7H2. The van der Waals surface area contributed by atoms with Gasteiger partial charge in [0.2, 0.25) is 0 Å². The van der Waals surface area contributed by atoms with Crippen LogP contribution in [-0.2, 0) is 4.79 Å². The number of hydrogen-bond acceptors (Lipinski definition) is 3. The van der Waals surface area contributed by atoms with Crippen molar-refractivity contribution in [1.29, 1.82) is 0 Å². The topological polar surface area (TPSA) is 60.2 Å². The number of hydrogen-bond donors (Lipinski definition) is 0. The number of nitro benzene ring substituents is 1. The highest BCUT2D eigenvalue weighted by atomic mass is 16.6. The van der Waals surface area contributed by atoms with Gasteiger partial charge in [0.15, 0.2) is 0 Å². The van der Waals surface area contributed by atoms with Crippen molar-refractivity contribution in [2.24, 2.45) is 0 Å². The lowest BCUT2D eigenvalue weighted by molar-refractivity contribution is -0.384. The van der Waals surface area contributed by atoms with Crippen molar-refractivity contribution in [1.82, 2.24) is 0 Å². The Kier molecular flexibility index (Phi) is 2.99. The van der Waals surface area contributed by atoms with E-state index in [-0.39, 0.29) is 17.4 Å².